The first-order valence-corrected chi connectivity index (χ1v) is 10.1. The normalized spacial score (nSPS) is 16.2. The Bertz CT molecular complexity index is 732. The number of nitrogens with one attached hydrogen (secondary N) is 1. The number of furan rings is 1. The van der Waals surface area contributed by atoms with E-state index >= 15 is 0 Å². The quantitative estimate of drug-likeness (QED) is 0.749. The molecule has 0 aromatic carbocycles. The van der Waals surface area contributed by atoms with Crippen molar-refractivity contribution in [2.45, 2.75) is 45.6 Å². The van der Waals surface area contributed by atoms with E-state index in [9.17, 15) is 18.0 Å². The maximum absolute atomic E-state index is 12.5. The highest BCUT2D eigenvalue weighted by Gasteiger charge is 2.29. The van der Waals surface area contributed by atoms with Gasteiger partial charge in [-0.25, -0.2) is 17.9 Å². The molecule has 0 aliphatic carbocycles. The maximum atomic E-state index is 12.5. The van der Waals surface area contributed by atoms with Crippen LogP contribution in [0.1, 0.15) is 59.8 Å². The Hall–Kier alpha value is -1.87. The Morgan fingerprint density at radius 2 is 1.96 bits per heavy atom. The molecule has 1 aliphatic rings. The number of nitrogens with zero attached hydrogens (tertiary/aromatic N) is 1. The summed E-state index contributed by atoms with van der Waals surface area (Å²) in [6.45, 7) is 4.35. The minimum atomic E-state index is -3.27. The Balaban J connectivity index is 1.99. The molecule has 0 bridgehead atoms. The number of aryl methyl sites for hydroxylation is 1. The van der Waals surface area contributed by atoms with Gasteiger partial charge in [-0.05, 0) is 19.3 Å². The zero-order valence-corrected chi connectivity index (χ0v) is 15.3. The molecule has 1 aromatic heterocycles. The minimum Gasteiger partial charge on any atom is -0.478 e. The van der Waals surface area contributed by atoms with Crippen LogP contribution < -0.4 is 4.72 Å². The first kappa shape index (κ1) is 19.5. The molecule has 140 valence electrons. The van der Waals surface area contributed by atoms with Crippen LogP contribution in [0.5, 0.6) is 0 Å². The van der Waals surface area contributed by atoms with Gasteiger partial charge in [0.25, 0.3) is 5.91 Å². The molecule has 0 saturated carbocycles. The zero-order chi connectivity index (χ0) is 18.6. The van der Waals surface area contributed by atoms with E-state index in [1.165, 1.54) is 6.07 Å². The second-order valence-corrected chi connectivity index (χ2v) is 7.98. The molecule has 25 heavy (non-hydrogen) atoms. The predicted molar refractivity (Wildman–Crippen MR) is 91.2 cm³/mol. The van der Waals surface area contributed by atoms with E-state index < -0.39 is 16.0 Å². The first-order chi connectivity index (χ1) is 11.8. The van der Waals surface area contributed by atoms with E-state index in [0.29, 0.717) is 38.8 Å². The van der Waals surface area contributed by atoms with Crippen molar-refractivity contribution in [2.24, 2.45) is 0 Å². The van der Waals surface area contributed by atoms with E-state index in [-0.39, 0.29) is 34.8 Å². The Morgan fingerprint density at radius 1 is 1.32 bits per heavy atom. The lowest BCUT2D eigenvalue weighted by Gasteiger charge is -2.31. The number of hydrogen-bond acceptors (Lipinski definition) is 5. The van der Waals surface area contributed by atoms with Crippen molar-refractivity contribution < 1.29 is 27.5 Å². The fourth-order valence-electron chi connectivity index (χ4n) is 2.92. The number of carboxylic acids is 1. The average molecular weight is 372 g/mol. The first-order valence-electron chi connectivity index (χ1n) is 8.42. The zero-order valence-electron chi connectivity index (χ0n) is 14.4. The van der Waals surface area contributed by atoms with Crippen LogP contribution in [0.4, 0.5) is 0 Å². The molecule has 8 nitrogen and oxygen atoms in total. The number of likely N-dealkylation sites (tertiary alicyclic amines) is 1. The van der Waals surface area contributed by atoms with Crippen molar-refractivity contribution in [3.05, 3.63) is 23.2 Å². The lowest BCUT2D eigenvalue weighted by Crippen LogP contribution is -2.46. The van der Waals surface area contributed by atoms with Crippen molar-refractivity contribution in [1.82, 2.24) is 9.62 Å². The molecule has 2 heterocycles. The summed E-state index contributed by atoms with van der Waals surface area (Å²) in [5.41, 5.74) is 0.00746. The molecule has 1 fully saturated rings. The van der Waals surface area contributed by atoms with Crippen LogP contribution in [-0.2, 0) is 16.4 Å². The summed E-state index contributed by atoms with van der Waals surface area (Å²) < 4.78 is 31.7. The highest BCUT2D eigenvalue weighted by atomic mass is 32.2. The number of rotatable bonds is 7. The number of aromatic carboxylic acids is 1. The van der Waals surface area contributed by atoms with Crippen molar-refractivity contribution in [2.75, 3.05) is 18.8 Å². The molecule has 0 unspecified atom stereocenters. The molecular weight excluding hydrogens is 348 g/mol. The summed E-state index contributed by atoms with van der Waals surface area (Å²) >= 11 is 0. The van der Waals surface area contributed by atoms with E-state index in [0.717, 1.165) is 0 Å². The molecule has 1 saturated heterocycles. The van der Waals surface area contributed by atoms with E-state index in [1.807, 2.05) is 0 Å². The molecule has 0 atom stereocenters. The summed E-state index contributed by atoms with van der Waals surface area (Å²) in [5, 5.41) is 9.14. The summed E-state index contributed by atoms with van der Waals surface area (Å²) in [4.78, 5) is 25.2. The van der Waals surface area contributed by atoms with Crippen molar-refractivity contribution in [3.8, 4) is 0 Å². The molecule has 9 heteroatoms. The number of amides is 1. The largest absolute Gasteiger partial charge is 0.478 e. The maximum Gasteiger partial charge on any atom is 0.339 e. The fourth-order valence-corrected chi connectivity index (χ4v) is 4.31. The van der Waals surface area contributed by atoms with Gasteiger partial charge < -0.3 is 14.4 Å². The molecule has 1 aliphatic heterocycles. The molecule has 0 radical (unpaired) electrons. The summed E-state index contributed by atoms with van der Waals surface area (Å²) in [6.07, 6.45) is 1.97. The number of hydrogen-bond donors (Lipinski definition) is 2. The van der Waals surface area contributed by atoms with Crippen LogP contribution >= 0.6 is 0 Å². The summed E-state index contributed by atoms with van der Waals surface area (Å²) in [6, 6.07) is 1.08. The minimum absolute atomic E-state index is 0.00746. The van der Waals surface area contributed by atoms with Gasteiger partial charge in [-0.15, -0.1) is 0 Å². The van der Waals surface area contributed by atoms with Crippen LogP contribution in [-0.4, -0.2) is 55.2 Å². The monoisotopic (exact) mass is 372 g/mol. The average Bonchev–Trinajstić information content (AvgIpc) is 2.99. The van der Waals surface area contributed by atoms with Crippen molar-refractivity contribution >= 4 is 21.9 Å². The topological polar surface area (TPSA) is 117 Å². The molecule has 0 spiro atoms. The molecule has 1 aromatic rings. The molecule has 1 amide bonds. The van der Waals surface area contributed by atoms with Gasteiger partial charge in [0.15, 0.2) is 5.76 Å². The van der Waals surface area contributed by atoms with Gasteiger partial charge in [-0.2, -0.15) is 0 Å². The molecule has 2 N–H and O–H groups in total. The van der Waals surface area contributed by atoms with Crippen LogP contribution in [0.2, 0.25) is 0 Å². The number of carbonyl (C=O) groups is 2. The van der Waals surface area contributed by atoms with Crippen molar-refractivity contribution in [3.63, 3.8) is 0 Å². The summed E-state index contributed by atoms with van der Waals surface area (Å²) in [7, 11) is -3.27. The van der Waals surface area contributed by atoms with Gasteiger partial charge in [-0.1, -0.05) is 13.8 Å². The summed E-state index contributed by atoms with van der Waals surface area (Å²) in [5.74, 6) is -1.10. The van der Waals surface area contributed by atoms with E-state index in [2.05, 4.69) is 4.72 Å². The second-order valence-electron chi connectivity index (χ2n) is 6.11. The Labute approximate surface area is 147 Å². The number of carboxylic acid groups (broad SMARTS) is 1. The van der Waals surface area contributed by atoms with Crippen molar-refractivity contribution in [1.29, 1.82) is 0 Å². The molecule has 2 rings (SSSR count). The number of sulfonamides is 1. The highest BCUT2D eigenvalue weighted by Crippen LogP contribution is 2.20. The van der Waals surface area contributed by atoms with Gasteiger partial charge in [0.1, 0.15) is 11.3 Å². The fraction of sp³-hybridized carbons (Fsp3) is 0.625. The van der Waals surface area contributed by atoms with Crippen LogP contribution in [0, 0.1) is 0 Å². The third kappa shape index (κ3) is 4.82. The predicted octanol–water partition coefficient (Wildman–Crippen LogP) is 1.47. The van der Waals surface area contributed by atoms with E-state index in [4.69, 9.17) is 9.52 Å². The van der Waals surface area contributed by atoms with Crippen LogP contribution in [0.25, 0.3) is 0 Å². The van der Waals surface area contributed by atoms with Gasteiger partial charge >= 0.3 is 5.97 Å². The van der Waals surface area contributed by atoms with Crippen LogP contribution in [0.15, 0.2) is 10.5 Å². The lowest BCUT2D eigenvalue weighted by atomic mass is 10.1. The third-order valence-corrected chi connectivity index (χ3v) is 5.81. The number of piperidine rings is 1. The molecular formula is C16H24N2O6S. The van der Waals surface area contributed by atoms with Gasteiger partial charge in [0.2, 0.25) is 10.0 Å². The smallest absolute Gasteiger partial charge is 0.339 e. The van der Waals surface area contributed by atoms with Gasteiger partial charge in [-0.3, -0.25) is 4.79 Å². The Morgan fingerprint density at radius 3 is 2.44 bits per heavy atom. The van der Waals surface area contributed by atoms with E-state index in [1.54, 1.807) is 18.7 Å². The van der Waals surface area contributed by atoms with Gasteiger partial charge in [0, 0.05) is 31.6 Å². The number of carbonyl (C=O) groups excluding carboxylic acids is 1. The third-order valence-electron chi connectivity index (χ3n) is 4.17. The van der Waals surface area contributed by atoms with Crippen LogP contribution in [0.3, 0.4) is 0 Å². The lowest BCUT2D eigenvalue weighted by molar-refractivity contribution is 0.0672. The SMILES string of the molecule is CCCS(=O)(=O)NC1CCN(C(=O)c2cc(C(=O)O)c(CC)o2)CC1. The standard InChI is InChI=1S/C16H24N2O6S/c1-3-9-25(22,23)17-11-5-7-18(8-6-11)15(19)14-10-12(16(20)21)13(4-2)24-14/h10-11,17H,3-9H2,1-2H3,(H,20,21). The highest BCUT2D eigenvalue weighted by molar-refractivity contribution is 7.89. The second kappa shape index (κ2) is 8.01. The Kier molecular flexibility index (Phi) is 6.23. The van der Waals surface area contributed by atoms with Gasteiger partial charge in [0.05, 0.1) is 5.75 Å².